The number of aliphatic carboxylic acids is 1. The number of aromatic nitrogens is 1. The first kappa shape index (κ1) is 22.4. The number of para-hydroxylation sites is 1. The minimum Gasteiger partial charge on any atom is -0.480 e. The summed E-state index contributed by atoms with van der Waals surface area (Å²) in [5, 5.41) is 9.60. The molecule has 0 bridgehead atoms. The van der Waals surface area contributed by atoms with Gasteiger partial charge in [-0.2, -0.15) is 0 Å². The van der Waals surface area contributed by atoms with Gasteiger partial charge in [0.25, 0.3) is 0 Å². The maximum Gasteiger partial charge on any atom is 0.421 e. The molecule has 1 atom stereocenters. The highest BCUT2D eigenvalue weighted by Gasteiger charge is 2.09. The van der Waals surface area contributed by atoms with Crippen LogP contribution in [0.5, 0.6) is 0 Å². The smallest absolute Gasteiger partial charge is 0.421 e. The lowest BCUT2D eigenvalue weighted by Crippen LogP contribution is -2.29. The standard InChI is InChI=1S/C8H7N.C6H14N2O2.C2H6N2O2/c1-2-4-8-7(3-1)5-6-9-8;7-4-2-1-3-5(8)6(9)10;1-6-2(5)4-3/h1-6,9H;5H,1-4,7-8H2,(H,9,10);3H2,1H3,(H,4,5)/t;5-;/m.0./s1. The number of carbonyl (C=O) groups excluding carboxylic acids is 1. The van der Waals surface area contributed by atoms with Crippen LogP contribution >= 0.6 is 0 Å². The average Bonchev–Trinajstić information content (AvgIpc) is 3.10. The molecule has 0 fully saturated rings. The summed E-state index contributed by atoms with van der Waals surface area (Å²) in [6.07, 6.45) is 3.48. The van der Waals surface area contributed by atoms with Crippen molar-refractivity contribution in [3.05, 3.63) is 36.5 Å². The van der Waals surface area contributed by atoms with E-state index in [4.69, 9.17) is 16.6 Å². The molecule has 0 saturated heterocycles. The zero-order chi connectivity index (χ0) is 19.1. The number of hydrogen-bond acceptors (Lipinski definition) is 6. The van der Waals surface area contributed by atoms with E-state index in [1.54, 1.807) is 5.43 Å². The van der Waals surface area contributed by atoms with Crippen molar-refractivity contribution in [2.24, 2.45) is 17.3 Å². The summed E-state index contributed by atoms with van der Waals surface area (Å²) in [6, 6.07) is 9.57. The molecule has 0 unspecified atom stereocenters. The number of nitrogens with one attached hydrogen (secondary N) is 2. The highest BCUT2D eigenvalue weighted by atomic mass is 16.5. The Hall–Kier alpha value is -2.62. The normalized spacial score (nSPS) is 10.6. The second kappa shape index (κ2) is 13.8. The van der Waals surface area contributed by atoms with Crippen molar-refractivity contribution in [3.63, 3.8) is 0 Å². The van der Waals surface area contributed by atoms with Gasteiger partial charge in [0.2, 0.25) is 0 Å². The molecule has 0 aliphatic carbocycles. The summed E-state index contributed by atoms with van der Waals surface area (Å²) in [7, 11) is 1.24. The van der Waals surface area contributed by atoms with E-state index < -0.39 is 18.1 Å². The monoisotopic (exact) mass is 353 g/mol. The number of ether oxygens (including phenoxy) is 1. The minimum absolute atomic E-state index is 0.520. The summed E-state index contributed by atoms with van der Waals surface area (Å²) < 4.78 is 4.02. The van der Waals surface area contributed by atoms with Crippen LogP contribution in [-0.4, -0.2) is 41.8 Å². The number of hydrazine groups is 1. The van der Waals surface area contributed by atoms with E-state index in [9.17, 15) is 9.59 Å². The molecule has 9 heteroatoms. The Labute approximate surface area is 146 Å². The topological polar surface area (TPSA) is 169 Å². The fourth-order valence-electron chi connectivity index (χ4n) is 1.69. The Bertz CT molecular complexity index is 581. The van der Waals surface area contributed by atoms with E-state index in [0.29, 0.717) is 13.0 Å². The summed E-state index contributed by atoms with van der Waals surface area (Å²) >= 11 is 0. The second-order valence-corrected chi connectivity index (χ2v) is 4.93. The van der Waals surface area contributed by atoms with Crippen LogP contribution < -0.4 is 22.7 Å². The molecule has 2 rings (SSSR count). The van der Waals surface area contributed by atoms with Crippen LogP contribution in [0.25, 0.3) is 10.9 Å². The molecule has 0 radical (unpaired) electrons. The molecule has 140 valence electrons. The number of hydrogen-bond donors (Lipinski definition) is 6. The van der Waals surface area contributed by atoms with Crippen molar-refractivity contribution in [1.82, 2.24) is 10.4 Å². The number of rotatable bonds is 5. The summed E-state index contributed by atoms with van der Waals surface area (Å²) in [5.41, 5.74) is 13.4. The fourth-order valence-corrected chi connectivity index (χ4v) is 1.69. The molecule has 25 heavy (non-hydrogen) atoms. The minimum atomic E-state index is -0.933. The van der Waals surface area contributed by atoms with Gasteiger partial charge in [-0.25, -0.2) is 10.6 Å². The number of benzene rings is 1. The largest absolute Gasteiger partial charge is 0.480 e. The predicted molar refractivity (Wildman–Crippen MR) is 96.5 cm³/mol. The molecule has 1 heterocycles. The van der Waals surface area contributed by atoms with Gasteiger partial charge in [-0.3, -0.25) is 10.2 Å². The van der Waals surface area contributed by atoms with Gasteiger partial charge in [0, 0.05) is 11.7 Å². The maximum absolute atomic E-state index is 10.1. The number of carbonyl (C=O) groups is 2. The fraction of sp³-hybridized carbons (Fsp3) is 0.375. The van der Waals surface area contributed by atoms with Crippen LogP contribution in [0.3, 0.4) is 0 Å². The first-order valence-electron chi connectivity index (χ1n) is 7.71. The molecule has 0 aliphatic rings. The van der Waals surface area contributed by atoms with E-state index in [-0.39, 0.29) is 0 Å². The van der Waals surface area contributed by atoms with Crippen molar-refractivity contribution >= 4 is 23.0 Å². The first-order chi connectivity index (χ1) is 12.0. The third-order valence-electron chi connectivity index (χ3n) is 3.05. The summed E-state index contributed by atoms with van der Waals surface area (Å²) in [5.74, 6) is 3.62. The van der Waals surface area contributed by atoms with E-state index >= 15 is 0 Å². The van der Waals surface area contributed by atoms with Crippen LogP contribution in [0.1, 0.15) is 19.3 Å². The van der Waals surface area contributed by atoms with E-state index in [2.05, 4.69) is 33.8 Å². The first-order valence-corrected chi connectivity index (χ1v) is 7.71. The molecule has 2 aromatic rings. The third-order valence-corrected chi connectivity index (χ3v) is 3.05. The summed E-state index contributed by atoms with van der Waals surface area (Å²) in [4.78, 5) is 23.0. The Morgan fingerprint density at radius 2 is 1.96 bits per heavy atom. The van der Waals surface area contributed by atoms with Crippen molar-refractivity contribution in [1.29, 1.82) is 0 Å². The number of carboxylic acid groups (broad SMARTS) is 1. The lowest BCUT2D eigenvalue weighted by atomic mass is 10.1. The van der Waals surface area contributed by atoms with Crippen molar-refractivity contribution in [3.8, 4) is 0 Å². The molecule has 0 spiro atoms. The molecular formula is C16H27N5O4. The number of H-pyrrole nitrogens is 1. The molecule has 0 saturated carbocycles. The Balaban J connectivity index is 0.000000357. The SMILES string of the molecule is COC(=O)NN.NCCCC[C@H](N)C(=O)O.c1ccc2[nH]ccc2c1. The van der Waals surface area contributed by atoms with Crippen LogP contribution in [0.2, 0.25) is 0 Å². The molecule has 1 aromatic heterocycles. The zero-order valence-corrected chi connectivity index (χ0v) is 14.3. The third kappa shape index (κ3) is 10.7. The van der Waals surface area contributed by atoms with E-state index in [1.807, 2.05) is 18.3 Å². The molecule has 9 N–H and O–H groups in total. The van der Waals surface area contributed by atoms with Gasteiger partial charge in [-0.1, -0.05) is 24.6 Å². The number of methoxy groups -OCH3 is 1. The quantitative estimate of drug-likeness (QED) is 0.201. The van der Waals surface area contributed by atoms with Crippen LogP contribution in [0.4, 0.5) is 4.79 Å². The number of unbranched alkanes of at least 4 members (excludes halogenated alkanes) is 1. The van der Waals surface area contributed by atoms with Gasteiger partial charge < -0.3 is 26.3 Å². The Kier molecular flexibility index (Phi) is 12.3. The summed E-state index contributed by atoms with van der Waals surface area (Å²) in [6.45, 7) is 0.604. The molecule has 0 aliphatic heterocycles. The number of carboxylic acids is 1. The highest BCUT2D eigenvalue weighted by Crippen LogP contribution is 2.09. The van der Waals surface area contributed by atoms with Gasteiger partial charge in [0.15, 0.2) is 0 Å². The maximum atomic E-state index is 10.1. The van der Waals surface area contributed by atoms with Crippen molar-refractivity contribution in [2.45, 2.75) is 25.3 Å². The number of aromatic amines is 1. The number of nitrogens with two attached hydrogens (primary N) is 3. The number of amides is 1. The van der Waals surface area contributed by atoms with Gasteiger partial charge >= 0.3 is 12.1 Å². The molecule has 1 aromatic carbocycles. The molecule has 1 amide bonds. The predicted octanol–water partition coefficient (Wildman–Crippen LogP) is 0.911. The van der Waals surface area contributed by atoms with Gasteiger partial charge in [-0.05, 0) is 36.9 Å². The van der Waals surface area contributed by atoms with Crippen LogP contribution in [-0.2, 0) is 9.53 Å². The van der Waals surface area contributed by atoms with E-state index in [0.717, 1.165) is 12.8 Å². The zero-order valence-electron chi connectivity index (χ0n) is 14.3. The van der Waals surface area contributed by atoms with Gasteiger partial charge in [0.05, 0.1) is 7.11 Å². The van der Waals surface area contributed by atoms with Crippen LogP contribution in [0, 0.1) is 0 Å². The van der Waals surface area contributed by atoms with E-state index in [1.165, 1.54) is 18.0 Å². The molecular weight excluding hydrogens is 326 g/mol. The van der Waals surface area contributed by atoms with Gasteiger partial charge in [0.1, 0.15) is 6.04 Å². The Morgan fingerprint density at radius 1 is 1.28 bits per heavy atom. The molecule has 9 nitrogen and oxygen atoms in total. The average molecular weight is 353 g/mol. The lowest BCUT2D eigenvalue weighted by molar-refractivity contribution is -0.138. The Morgan fingerprint density at radius 3 is 2.44 bits per heavy atom. The van der Waals surface area contributed by atoms with Crippen LogP contribution in [0.15, 0.2) is 36.5 Å². The van der Waals surface area contributed by atoms with Gasteiger partial charge in [-0.15, -0.1) is 0 Å². The van der Waals surface area contributed by atoms with Crippen molar-refractivity contribution in [2.75, 3.05) is 13.7 Å². The highest BCUT2D eigenvalue weighted by molar-refractivity contribution is 5.78. The lowest BCUT2D eigenvalue weighted by Gasteiger charge is -2.03. The van der Waals surface area contributed by atoms with Crippen molar-refractivity contribution < 1.29 is 19.4 Å². The number of fused-ring (bicyclic) bond motifs is 1. The second-order valence-electron chi connectivity index (χ2n) is 4.93.